The van der Waals surface area contributed by atoms with Crippen LogP contribution in [0.4, 0.5) is 21.7 Å². The third-order valence-electron chi connectivity index (χ3n) is 2.81. The highest BCUT2D eigenvalue weighted by Crippen LogP contribution is 2.26. The summed E-state index contributed by atoms with van der Waals surface area (Å²) in [6.45, 7) is 3.57. The molecule has 0 aliphatic rings. The SMILES string of the molecule is COc1ccc(Nc2nc(C)nc(NN)c2C)cc1F. The van der Waals surface area contributed by atoms with Gasteiger partial charge in [0, 0.05) is 17.3 Å². The number of benzene rings is 1. The summed E-state index contributed by atoms with van der Waals surface area (Å²) in [4.78, 5) is 8.43. The maximum Gasteiger partial charge on any atom is 0.167 e. The van der Waals surface area contributed by atoms with Crippen molar-refractivity contribution in [1.29, 1.82) is 0 Å². The average molecular weight is 277 g/mol. The molecule has 0 atom stereocenters. The molecular weight excluding hydrogens is 261 g/mol. The van der Waals surface area contributed by atoms with Crippen molar-refractivity contribution < 1.29 is 9.13 Å². The number of nitrogens with one attached hydrogen (secondary N) is 2. The number of aryl methyl sites for hydroxylation is 1. The molecule has 1 aromatic carbocycles. The zero-order valence-electron chi connectivity index (χ0n) is 11.5. The molecule has 1 aromatic heterocycles. The minimum atomic E-state index is -0.446. The van der Waals surface area contributed by atoms with Gasteiger partial charge in [-0.15, -0.1) is 0 Å². The number of aromatic nitrogens is 2. The number of hydrazine groups is 1. The van der Waals surface area contributed by atoms with Crippen LogP contribution in [0.5, 0.6) is 5.75 Å². The Hall–Kier alpha value is -2.41. The summed E-state index contributed by atoms with van der Waals surface area (Å²) >= 11 is 0. The van der Waals surface area contributed by atoms with Crippen LogP contribution in [0.1, 0.15) is 11.4 Å². The normalized spacial score (nSPS) is 10.2. The van der Waals surface area contributed by atoms with Crippen molar-refractivity contribution in [3.8, 4) is 5.75 Å². The Labute approximate surface area is 116 Å². The molecule has 2 rings (SSSR count). The van der Waals surface area contributed by atoms with Crippen LogP contribution in [0.25, 0.3) is 0 Å². The monoisotopic (exact) mass is 277 g/mol. The lowest BCUT2D eigenvalue weighted by molar-refractivity contribution is 0.386. The van der Waals surface area contributed by atoms with Gasteiger partial charge in [0.25, 0.3) is 0 Å². The Kier molecular flexibility index (Phi) is 3.99. The van der Waals surface area contributed by atoms with E-state index >= 15 is 0 Å². The van der Waals surface area contributed by atoms with Crippen molar-refractivity contribution in [2.75, 3.05) is 17.9 Å². The van der Waals surface area contributed by atoms with Crippen LogP contribution in [0.15, 0.2) is 18.2 Å². The van der Waals surface area contributed by atoms with Gasteiger partial charge in [-0.3, -0.25) is 0 Å². The van der Waals surface area contributed by atoms with Gasteiger partial charge in [0.05, 0.1) is 7.11 Å². The predicted molar refractivity (Wildman–Crippen MR) is 75.6 cm³/mol. The van der Waals surface area contributed by atoms with Crippen molar-refractivity contribution in [2.24, 2.45) is 5.84 Å². The van der Waals surface area contributed by atoms with E-state index < -0.39 is 5.82 Å². The maximum atomic E-state index is 13.6. The van der Waals surface area contributed by atoms with Crippen LogP contribution in [0.3, 0.4) is 0 Å². The summed E-state index contributed by atoms with van der Waals surface area (Å²) in [5.74, 6) is 6.79. The topological polar surface area (TPSA) is 85.1 Å². The number of nitrogens with two attached hydrogens (primary N) is 1. The fourth-order valence-corrected chi connectivity index (χ4v) is 1.77. The van der Waals surface area contributed by atoms with E-state index in [0.29, 0.717) is 23.1 Å². The molecule has 0 aliphatic carbocycles. The molecular formula is C13H16FN5O. The van der Waals surface area contributed by atoms with Gasteiger partial charge in [0.15, 0.2) is 11.6 Å². The Balaban J connectivity index is 2.34. The highest BCUT2D eigenvalue weighted by molar-refractivity contribution is 5.65. The van der Waals surface area contributed by atoms with Crippen LogP contribution < -0.4 is 21.3 Å². The van der Waals surface area contributed by atoms with Gasteiger partial charge >= 0.3 is 0 Å². The second-order valence-corrected chi connectivity index (χ2v) is 4.21. The van der Waals surface area contributed by atoms with Gasteiger partial charge in [-0.25, -0.2) is 20.2 Å². The maximum absolute atomic E-state index is 13.6. The van der Waals surface area contributed by atoms with Gasteiger partial charge in [-0.05, 0) is 26.0 Å². The number of halogens is 1. The molecule has 6 nitrogen and oxygen atoms in total. The van der Waals surface area contributed by atoms with Crippen molar-refractivity contribution in [3.05, 3.63) is 35.4 Å². The van der Waals surface area contributed by atoms with Crippen molar-refractivity contribution in [1.82, 2.24) is 9.97 Å². The molecule has 0 radical (unpaired) electrons. The first-order valence-electron chi connectivity index (χ1n) is 5.97. The Morgan fingerprint density at radius 3 is 2.50 bits per heavy atom. The molecule has 0 bridgehead atoms. The van der Waals surface area contributed by atoms with Crippen LogP contribution in [0, 0.1) is 19.7 Å². The lowest BCUT2D eigenvalue weighted by atomic mass is 10.2. The van der Waals surface area contributed by atoms with Crippen LogP contribution in [-0.4, -0.2) is 17.1 Å². The standard InChI is InChI=1S/C13H16FN5O/c1-7-12(16-8(2)17-13(7)19-15)18-9-4-5-11(20-3)10(14)6-9/h4-6H,15H2,1-3H3,(H2,16,17,18,19). The molecule has 106 valence electrons. The number of anilines is 3. The zero-order chi connectivity index (χ0) is 14.7. The van der Waals surface area contributed by atoms with Crippen LogP contribution in [-0.2, 0) is 0 Å². The number of nitrogens with zero attached hydrogens (tertiary/aromatic N) is 2. The molecule has 1 heterocycles. The first-order chi connectivity index (χ1) is 9.55. The van der Waals surface area contributed by atoms with E-state index in [1.165, 1.54) is 13.2 Å². The van der Waals surface area contributed by atoms with E-state index in [2.05, 4.69) is 20.7 Å². The van der Waals surface area contributed by atoms with Gasteiger partial charge in [0.1, 0.15) is 17.5 Å². The molecule has 0 aliphatic heterocycles. The fourth-order valence-electron chi connectivity index (χ4n) is 1.77. The van der Waals surface area contributed by atoms with E-state index in [1.54, 1.807) is 19.1 Å². The number of methoxy groups -OCH3 is 1. The smallest absolute Gasteiger partial charge is 0.167 e. The van der Waals surface area contributed by atoms with Crippen LogP contribution >= 0.6 is 0 Å². The van der Waals surface area contributed by atoms with E-state index in [1.807, 2.05) is 6.92 Å². The molecule has 0 saturated heterocycles. The van der Waals surface area contributed by atoms with Crippen molar-refractivity contribution in [2.45, 2.75) is 13.8 Å². The number of hydrogen-bond acceptors (Lipinski definition) is 6. The minimum Gasteiger partial charge on any atom is -0.494 e. The molecule has 2 aromatic rings. The summed E-state index contributed by atoms with van der Waals surface area (Å²) in [6, 6.07) is 4.59. The van der Waals surface area contributed by atoms with E-state index in [-0.39, 0.29) is 5.75 Å². The number of rotatable bonds is 4. The Bertz CT molecular complexity index is 632. The zero-order valence-corrected chi connectivity index (χ0v) is 11.5. The summed E-state index contributed by atoms with van der Waals surface area (Å²) in [7, 11) is 1.42. The first-order valence-corrected chi connectivity index (χ1v) is 5.97. The quantitative estimate of drug-likeness (QED) is 0.587. The van der Waals surface area contributed by atoms with Gasteiger partial charge in [-0.1, -0.05) is 0 Å². The molecule has 0 saturated carbocycles. The van der Waals surface area contributed by atoms with E-state index in [9.17, 15) is 4.39 Å². The van der Waals surface area contributed by atoms with E-state index in [0.717, 1.165) is 5.56 Å². The average Bonchev–Trinajstić information content (AvgIpc) is 2.42. The third kappa shape index (κ3) is 2.77. The molecule has 4 N–H and O–H groups in total. The summed E-state index contributed by atoms with van der Waals surface area (Å²) in [5.41, 5.74) is 3.81. The molecule has 0 unspecified atom stereocenters. The molecule has 20 heavy (non-hydrogen) atoms. The second-order valence-electron chi connectivity index (χ2n) is 4.21. The van der Waals surface area contributed by atoms with Gasteiger partial charge in [0.2, 0.25) is 0 Å². The Morgan fingerprint density at radius 2 is 1.90 bits per heavy atom. The van der Waals surface area contributed by atoms with E-state index in [4.69, 9.17) is 10.6 Å². The molecule has 0 amide bonds. The first kappa shape index (κ1) is 14.0. The highest BCUT2D eigenvalue weighted by atomic mass is 19.1. The van der Waals surface area contributed by atoms with Crippen molar-refractivity contribution in [3.63, 3.8) is 0 Å². The largest absolute Gasteiger partial charge is 0.494 e. The van der Waals surface area contributed by atoms with Crippen LogP contribution in [0.2, 0.25) is 0 Å². The molecule has 7 heteroatoms. The number of hydrogen-bond donors (Lipinski definition) is 3. The minimum absolute atomic E-state index is 0.190. The Morgan fingerprint density at radius 1 is 1.20 bits per heavy atom. The highest BCUT2D eigenvalue weighted by Gasteiger charge is 2.10. The number of nitrogen functional groups attached to an aromatic ring is 1. The van der Waals surface area contributed by atoms with Crippen molar-refractivity contribution >= 4 is 17.3 Å². The fraction of sp³-hybridized carbons (Fsp3) is 0.231. The lowest BCUT2D eigenvalue weighted by Crippen LogP contribution is -2.13. The summed E-state index contributed by atoms with van der Waals surface area (Å²) < 4.78 is 18.5. The van der Waals surface area contributed by atoms with Gasteiger partial charge in [-0.2, -0.15) is 0 Å². The summed E-state index contributed by atoms with van der Waals surface area (Å²) in [5, 5.41) is 3.04. The molecule has 0 fully saturated rings. The molecule has 0 spiro atoms. The lowest BCUT2D eigenvalue weighted by Gasteiger charge is -2.13. The second kappa shape index (κ2) is 5.70. The summed E-state index contributed by atoms with van der Waals surface area (Å²) in [6.07, 6.45) is 0. The predicted octanol–water partition coefficient (Wildman–Crippen LogP) is 2.27. The third-order valence-corrected chi connectivity index (χ3v) is 2.81. The number of ether oxygens (including phenoxy) is 1. The van der Waals surface area contributed by atoms with Gasteiger partial charge < -0.3 is 15.5 Å².